The van der Waals surface area contributed by atoms with Crippen molar-refractivity contribution in [1.82, 2.24) is 10.6 Å². The van der Waals surface area contributed by atoms with E-state index in [0.717, 1.165) is 5.56 Å². The van der Waals surface area contributed by atoms with Crippen molar-refractivity contribution in [2.45, 2.75) is 32.9 Å². The Hall–Kier alpha value is -2.62. The molecule has 0 aliphatic carbocycles. The Balaban J connectivity index is 1.92. The van der Waals surface area contributed by atoms with Gasteiger partial charge in [0.15, 0.2) is 0 Å². The summed E-state index contributed by atoms with van der Waals surface area (Å²) in [5.41, 5.74) is 2.75. The Morgan fingerprint density at radius 3 is 2.09 bits per heavy atom. The average molecular weight is 310 g/mol. The summed E-state index contributed by atoms with van der Waals surface area (Å²) in [6, 6.07) is 16.2. The number of nitrogens with one attached hydrogen (secondary N) is 2. The van der Waals surface area contributed by atoms with Crippen LogP contribution in [0.2, 0.25) is 0 Å². The normalized spacial score (nSPS) is 13.0. The second-order valence-electron chi connectivity index (χ2n) is 5.70. The quantitative estimate of drug-likeness (QED) is 0.892. The second kappa shape index (κ2) is 7.58. The van der Waals surface area contributed by atoms with Crippen LogP contribution in [-0.4, -0.2) is 17.9 Å². The number of carbonyl (C=O) groups is 2. The maximum absolute atomic E-state index is 12.2. The molecule has 4 nitrogen and oxygen atoms in total. The van der Waals surface area contributed by atoms with E-state index >= 15 is 0 Å². The largest absolute Gasteiger partial charge is 0.348 e. The zero-order chi connectivity index (χ0) is 16.8. The highest BCUT2D eigenvalue weighted by Gasteiger charge is 2.18. The lowest BCUT2D eigenvalue weighted by Crippen LogP contribution is -2.45. The van der Waals surface area contributed by atoms with E-state index in [4.69, 9.17) is 0 Å². The van der Waals surface area contributed by atoms with Crippen molar-refractivity contribution in [3.8, 4) is 0 Å². The minimum Gasteiger partial charge on any atom is -0.348 e. The summed E-state index contributed by atoms with van der Waals surface area (Å²) in [6.45, 7) is 5.63. The van der Waals surface area contributed by atoms with E-state index in [1.165, 1.54) is 5.56 Å². The predicted octanol–water partition coefficient (Wildman–Crippen LogP) is 2.99. The number of hydrogen-bond acceptors (Lipinski definition) is 2. The third-order valence-corrected chi connectivity index (χ3v) is 3.71. The monoisotopic (exact) mass is 310 g/mol. The van der Waals surface area contributed by atoms with Gasteiger partial charge in [0.2, 0.25) is 5.91 Å². The van der Waals surface area contributed by atoms with E-state index in [2.05, 4.69) is 10.6 Å². The van der Waals surface area contributed by atoms with Crippen LogP contribution in [0.1, 0.15) is 41.4 Å². The molecule has 2 rings (SSSR count). The first-order valence-corrected chi connectivity index (χ1v) is 7.70. The van der Waals surface area contributed by atoms with Crippen LogP contribution in [0.4, 0.5) is 0 Å². The Labute approximate surface area is 136 Å². The highest BCUT2D eigenvalue weighted by Crippen LogP contribution is 2.13. The molecule has 2 aromatic carbocycles. The molecule has 23 heavy (non-hydrogen) atoms. The van der Waals surface area contributed by atoms with Gasteiger partial charge in [0.25, 0.3) is 5.91 Å². The zero-order valence-electron chi connectivity index (χ0n) is 13.7. The van der Waals surface area contributed by atoms with Gasteiger partial charge in [-0.2, -0.15) is 0 Å². The van der Waals surface area contributed by atoms with Crippen LogP contribution < -0.4 is 10.6 Å². The lowest BCUT2D eigenvalue weighted by Gasteiger charge is -2.19. The van der Waals surface area contributed by atoms with Gasteiger partial charge >= 0.3 is 0 Å². The highest BCUT2D eigenvalue weighted by atomic mass is 16.2. The molecular formula is C19H22N2O2. The fourth-order valence-corrected chi connectivity index (χ4v) is 2.21. The zero-order valence-corrected chi connectivity index (χ0v) is 13.7. The highest BCUT2D eigenvalue weighted by molar-refractivity contribution is 5.97. The Morgan fingerprint density at radius 1 is 0.870 bits per heavy atom. The third kappa shape index (κ3) is 4.68. The summed E-state index contributed by atoms with van der Waals surface area (Å²) in [5.74, 6) is -0.460. The molecule has 0 fully saturated rings. The molecule has 2 amide bonds. The van der Waals surface area contributed by atoms with Crippen molar-refractivity contribution in [2.24, 2.45) is 0 Å². The van der Waals surface area contributed by atoms with E-state index in [-0.39, 0.29) is 17.9 Å². The van der Waals surface area contributed by atoms with Gasteiger partial charge in [0, 0.05) is 5.56 Å². The van der Waals surface area contributed by atoms with E-state index < -0.39 is 6.04 Å². The number of rotatable bonds is 5. The van der Waals surface area contributed by atoms with Crippen molar-refractivity contribution >= 4 is 11.8 Å². The third-order valence-electron chi connectivity index (χ3n) is 3.71. The van der Waals surface area contributed by atoms with Crippen molar-refractivity contribution in [2.75, 3.05) is 0 Å². The summed E-state index contributed by atoms with van der Waals surface area (Å²) in [6.07, 6.45) is 0. The molecule has 0 saturated heterocycles. The van der Waals surface area contributed by atoms with Gasteiger partial charge in [0.05, 0.1) is 6.04 Å². The number of benzene rings is 2. The van der Waals surface area contributed by atoms with E-state index in [1.54, 1.807) is 31.2 Å². The predicted molar refractivity (Wildman–Crippen MR) is 91.1 cm³/mol. The molecule has 0 saturated carbocycles. The van der Waals surface area contributed by atoms with Crippen LogP contribution in [0.25, 0.3) is 0 Å². The molecule has 0 spiro atoms. The fraction of sp³-hybridized carbons (Fsp3) is 0.263. The lowest BCUT2D eigenvalue weighted by molar-refractivity contribution is -0.123. The Bertz CT molecular complexity index is 666. The van der Waals surface area contributed by atoms with Crippen LogP contribution >= 0.6 is 0 Å². The molecule has 0 bridgehead atoms. The van der Waals surface area contributed by atoms with Gasteiger partial charge in [-0.25, -0.2) is 0 Å². The van der Waals surface area contributed by atoms with Crippen LogP contribution in [0.5, 0.6) is 0 Å². The van der Waals surface area contributed by atoms with Crippen molar-refractivity contribution in [3.63, 3.8) is 0 Å². The molecule has 0 aliphatic rings. The molecule has 120 valence electrons. The van der Waals surface area contributed by atoms with Crippen molar-refractivity contribution in [1.29, 1.82) is 0 Å². The number of hydrogen-bond donors (Lipinski definition) is 2. The first-order valence-electron chi connectivity index (χ1n) is 7.70. The first kappa shape index (κ1) is 16.7. The van der Waals surface area contributed by atoms with Gasteiger partial charge in [-0.3, -0.25) is 9.59 Å². The molecule has 2 unspecified atom stereocenters. The van der Waals surface area contributed by atoms with Gasteiger partial charge < -0.3 is 10.6 Å². The second-order valence-corrected chi connectivity index (χ2v) is 5.70. The minimum atomic E-state index is -0.601. The van der Waals surface area contributed by atoms with Gasteiger partial charge in [-0.1, -0.05) is 48.0 Å². The van der Waals surface area contributed by atoms with Crippen molar-refractivity contribution < 1.29 is 9.59 Å². The molecule has 0 aromatic heterocycles. The summed E-state index contributed by atoms with van der Waals surface area (Å²) in [7, 11) is 0. The first-order chi connectivity index (χ1) is 11.0. The van der Waals surface area contributed by atoms with Crippen molar-refractivity contribution in [3.05, 3.63) is 71.3 Å². The van der Waals surface area contributed by atoms with Gasteiger partial charge in [0.1, 0.15) is 6.04 Å². The molecule has 0 heterocycles. The van der Waals surface area contributed by atoms with Gasteiger partial charge in [-0.05, 0) is 38.5 Å². The molecule has 2 N–H and O–H groups in total. The maximum atomic E-state index is 12.2. The molecule has 4 heteroatoms. The summed E-state index contributed by atoms with van der Waals surface area (Å²) < 4.78 is 0. The van der Waals surface area contributed by atoms with Crippen LogP contribution in [0, 0.1) is 6.92 Å². The summed E-state index contributed by atoms with van der Waals surface area (Å²) in [4.78, 5) is 24.3. The molecule has 2 atom stereocenters. The molecule has 0 aliphatic heterocycles. The van der Waals surface area contributed by atoms with E-state index in [0.29, 0.717) is 5.56 Å². The minimum absolute atomic E-state index is 0.112. The van der Waals surface area contributed by atoms with Crippen LogP contribution in [0.15, 0.2) is 54.6 Å². The lowest BCUT2D eigenvalue weighted by atomic mass is 10.1. The topological polar surface area (TPSA) is 58.2 Å². The molecule has 2 aromatic rings. The number of carbonyl (C=O) groups excluding carboxylic acids is 2. The number of amides is 2. The van der Waals surface area contributed by atoms with E-state index in [1.807, 2.05) is 44.2 Å². The fourth-order valence-electron chi connectivity index (χ4n) is 2.21. The number of aryl methyl sites for hydroxylation is 1. The SMILES string of the molecule is Cc1ccc(C(C)NC(=O)C(C)NC(=O)c2ccccc2)cc1. The van der Waals surface area contributed by atoms with Crippen LogP contribution in [-0.2, 0) is 4.79 Å². The van der Waals surface area contributed by atoms with E-state index in [9.17, 15) is 9.59 Å². The Morgan fingerprint density at radius 2 is 1.48 bits per heavy atom. The molecule has 0 radical (unpaired) electrons. The smallest absolute Gasteiger partial charge is 0.251 e. The van der Waals surface area contributed by atoms with Gasteiger partial charge in [-0.15, -0.1) is 0 Å². The maximum Gasteiger partial charge on any atom is 0.251 e. The summed E-state index contributed by atoms with van der Waals surface area (Å²) >= 11 is 0. The average Bonchev–Trinajstić information content (AvgIpc) is 2.56. The summed E-state index contributed by atoms with van der Waals surface area (Å²) in [5, 5.41) is 5.63. The Kier molecular flexibility index (Phi) is 5.52. The van der Waals surface area contributed by atoms with Crippen LogP contribution in [0.3, 0.4) is 0 Å². The molecular weight excluding hydrogens is 288 g/mol. The standard InChI is InChI=1S/C19H22N2O2/c1-13-9-11-16(12-10-13)14(2)20-18(22)15(3)21-19(23)17-7-5-4-6-8-17/h4-12,14-15H,1-3H3,(H,20,22)(H,21,23).